The Bertz CT molecular complexity index is 1320. The fourth-order valence-corrected chi connectivity index (χ4v) is 5.13. The lowest BCUT2D eigenvalue weighted by Crippen LogP contribution is -2.28. The number of para-hydroxylation sites is 2. The molecule has 3 aromatic carbocycles. The van der Waals surface area contributed by atoms with Crippen LogP contribution in [0.2, 0.25) is 0 Å². The van der Waals surface area contributed by atoms with E-state index in [1.807, 2.05) is 67.3 Å². The maximum Gasteiger partial charge on any atom is 0.242 e. The standard InChI is InChI=1S/C27H27N5O2S/c1-18-13-19(2)15-22(14-18)34-16-25-29-30-27(32(25)28)35-17-26(33)31-23-9-5-3-7-20(23)11-12-21-8-4-6-10-24(21)31/h3-10,13-15H,11-12,16-17,28H2,1-2H3. The number of hydrogen-bond donors (Lipinski definition) is 1. The van der Waals surface area contributed by atoms with Gasteiger partial charge in [-0.05, 0) is 73.2 Å². The number of amides is 1. The molecule has 0 bridgehead atoms. The van der Waals surface area contributed by atoms with Crippen molar-refractivity contribution in [1.82, 2.24) is 14.9 Å². The number of fused-ring (bicyclic) bond motifs is 2. The minimum absolute atomic E-state index is 0.0344. The number of hydrogen-bond acceptors (Lipinski definition) is 6. The van der Waals surface area contributed by atoms with E-state index < -0.39 is 0 Å². The molecule has 35 heavy (non-hydrogen) atoms. The minimum Gasteiger partial charge on any atom is -0.486 e. The fourth-order valence-electron chi connectivity index (χ4n) is 4.41. The normalized spacial score (nSPS) is 12.6. The fraction of sp³-hybridized carbons (Fsp3) is 0.222. The Morgan fingerprint density at radius 3 is 2.17 bits per heavy atom. The van der Waals surface area contributed by atoms with Gasteiger partial charge in [0.15, 0.2) is 5.82 Å². The van der Waals surface area contributed by atoms with Crippen LogP contribution in [0.1, 0.15) is 28.1 Å². The van der Waals surface area contributed by atoms with E-state index in [0.717, 1.165) is 52.2 Å². The van der Waals surface area contributed by atoms with Gasteiger partial charge in [-0.25, -0.2) is 4.68 Å². The largest absolute Gasteiger partial charge is 0.486 e. The lowest BCUT2D eigenvalue weighted by molar-refractivity contribution is -0.115. The number of ether oxygens (including phenoxy) is 1. The van der Waals surface area contributed by atoms with Crippen LogP contribution in [0.15, 0.2) is 71.9 Å². The second-order valence-corrected chi connectivity index (χ2v) is 9.60. The van der Waals surface area contributed by atoms with Gasteiger partial charge >= 0.3 is 0 Å². The Labute approximate surface area is 208 Å². The first kappa shape index (κ1) is 23.0. The van der Waals surface area contributed by atoms with Crippen molar-refractivity contribution in [3.8, 4) is 5.75 Å². The molecule has 0 unspecified atom stereocenters. The Morgan fingerprint density at radius 2 is 1.54 bits per heavy atom. The summed E-state index contributed by atoms with van der Waals surface area (Å²) in [5, 5.41) is 8.82. The molecule has 0 saturated heterocycles. The van der Waals surface area contributed by atoms with Crippen LogP contribution in [0.3, 0.4) is 0 Å². The molecule has 8 heteroatoms. The van der Waals surface area contributed by atoms with E-state index in [2.05, 4.69) is 28.4 Å². The van der Waals surface area contributed by atoms with Gasteiger partial charge in [0, 0.05) is 0 Å². The number of benzene rings is 3. The highest BCUT2D eigenvalue weighted by Crippen LogP contribution is 2.36. The number of nitrogens with zero attached hydrogens (tertiary/aromatic N) is 4. The van der Waals surface area contributed by atoms with Gasteiger partial charge in [0.1, 0.15) is 12.4 Å². The zero-order valence-corrected chi connectivity index (χ0v) is 20.6. The highest BCUT2D eigenvalue weighted by molar-refractivity contribution is 7.99. The van der Waals surface area contributed by atoms with Crippen molar-refractivity contribution in [3.63, 3.8) is 0 Å². The number of aromatic nitrogens is 3. The molecule has 0 atom stereocenters. The van der Waals surface area contributed by atoms with Gasteiger partial charge in [0.25, 0.3) is 0 Å². The van der Waals surface area contributed by atoms with Gasteiger partial charge < -0.3 is 10.6 Å². The van der Waals surface area contributed by atoms with Crippen LogP contribution >= 0.6 is 11.8 Å². The number of anilines is 2. The maximum absolute atomic E-state index is 13.5. The van der Waals surface area contributed by atoms with Crippen molar-refractivity contribution in [2.24, 2.45) is 0 Å². The summed E-state index contributed by atoms with van der Waals surface area (Å²) >= 11 is 1.27. The van der Waals surface area contributed by atoms with Gasteiger partial charge in [-0.1, -0.05) is 54.2 Å². The molecule has 0 aliphatic carbocycles. The summed E-state index contributed by atoms with van der Waals surface area (Å²) in [5.74, 6) is 7.63. The number of carbonyl (C=O) groups is 1. The number of carbonyl (C=O) groups excluding carboxylic acids is 1. The summed E-state index contributed by atoms with van der Waals surface area (Å²) < 4.78 is 7.27. The van der Waals surface area contributed by atoms with E-state index in [-0.39, 0.29) is 18.3 Å². The van der Waals surface area contributed by atoms with Crippen molar-refractivity contribution in [2.75, 3.05) is 16.5 Å². The maximum atomic E-state index is 13.5. The van der Waals surface area contributed by atoms with Gasteiger partial charge in [-0.3, -0.25) is 9.69 Å². The molecular weight excluding hydrogens is 458 g/mol. The SMILES string of the molecule is Cc1cc(C)cc(OCc2nnc(SCC(=O)N3c4ccccc4CCc4ccccc43)n2N)c1. The number of rotatable bonds is 6. The van der Waals surface area contributed by atoms with Gasteiger partial charge in [0.2, 0.25) is 11.1 Å². The highest BCUT2D eigenvalue weighted by Gasteiger charge is 2.26. The second-order valence-electron chi connectivity index (χ2n) is 8.66. The molecule has 7 nitrogen and oxygen atoms in total. The van der Waals surface area contributed by atoms with Crippen molar-refractivity contribution in [2.45, 2.75) is 38.5 Å². The van der Waals surface area contributed by atoms with Crippen molar-refractivity contribution >= 4 is 29.0 Å². The zero-order chi connectivity index (χ0) is 24.4. The molecule has 178 valence electrons. The first-order valence-corrected chi connectivity index (χ1v) is 12.5. The van der Waals surface area contributed by atoms with Gasteiger partial charge in [0.05, 0.1) is 17.1 Å². The predicted octanol–water partition coefficient (Wildman–Crippen LogP) is 4.74. The summed E-state index contributed by atoms with van der Waals surface area (Å²) in [6, 6.07) is 22.2. The van der Waals surface area contributed by atoms with E-state index >= 15 is 0 Å². The second kappa shape index (κ2) is 9.84. The number of nitrogens with two attached hydrogens (primary N) is 1. The average molecular weight is 486 g/mol. The van der Waals surface area contributed by atoms with Crippen LogP contribution in [-0.2, 0) is 24.2 Å². The highest BCUT2D eigenvalue weighted by atomic mass is 32.2. The van der Waals surface area contributed by atoms with Crippen LogP contribution < -0.4 is 15.5 Å². The molecule has 4 aromatic rings. The van der Waals surface area contributed by atoms with Crippen LogP contribution in [0, 0.1) is 13.8 Å². The molecule has 2 heterocycles. The smallest absolute Gasteiger partial charge is 0.242 e. The van der Waals surface area contributed by atoms with E-state index in [1.54, 1.807) is 0 Å². The van der Waals surface area contributed by atoms with Gasteiger partial charge in [-0.2, -0.15) is 0 Å². The monoisotopic (exact) mass is 485 g/mol. The van der Waals surface area contributed by atoms with Crippen LogP contribution in [0.5, 0.6) is 5.75 Å². The van der Waals surface area contributed by atoms with Crippen LogP contribution in [0.4, 0.5) is 11.4 Å². The summed E-state index contributed by atoms with van der Waals surface area (Å²) in [4.78, 5) is 15.3. The third-order valence-corrected chi connectivity index (χ3v) is 6.93. The van der Waals surface area contributed by atoms with E-state index in [9.17, 15) is 4.79 Å². The molecule has 5 rings (SSSR count). The van der Waals surface area contributed by atoms with Crippen LogP contribution in [-0.4, -0.2) is 26.5 Å². The third-order valence-electron chi connectivity index (χ3n) is 6.00. The summed E-state index contributed by atoms with van der Waals surface area (Å²) in [7, 11) is 0. The molecule has 0 radical (unpaired) electrons. The lowest BCUT2D eigenvalue weighted by Gasteiger charge is -2.24. The molecule has 1 aliphatic rings. The van der Waals surface area contributed by atoms with Gasteiger partial charge in [-0.15, -0.1) is 10.2 Å². The molecule has 1 amide bonds. The zero-order valence-electron chi connectivity index (χ0n) is 19.8. The lowest BCUT2D eigenvalue weighted by atomic mass is 10.0. The Morgan fingerprint density at radius 1 is 0.943 bits per heavy atom. The van der Waals surface area contributed by atoms with Crippen molar-refractivity contribution < 1.29 is 9.53 Å². The van der Waals surface area contributed by atoms with E-state index in [0.29, 0.717) is 11.0 Å². The van der Waals surface area contributed by atoms with E-state index in [1.165, 1.54) is 16.4 Å². The number of aryl methyl sites for hydroxylation is 4. The molecule has 0 spiro atoms. The predicted molar refractivity (Wildman–Crippen MR) is 139 cm³/mol. The van der Waals surface area contributed by atoms with Crippen molar-refractivity contribution in [3.05, 3.63) is 94.8 Å². The van der Waals surface area contributed by atoms with Crippen LogP contribution in [0.25, 0.3) is 0 Å². The summed E-state index contributed by atoms with van der Waals surface area (Å²) in [6.07, 6.45) is 1.79. The average Bonchev–Trinajstić information content (AvgIpc) is 3.10. The number of thioether (sulfide) groups is 1. The summed E-state index contributed by atoms with van der Waals surface area (Å²) in [6.45, 7) is 4.24. The Kier molecular flexibility index (Phi) is 6.46. The minimum atomic E-state index is -0.0344. The van der Waals surface area contributed by atoms with Crippen molar-refractivity contribution in [1.29, 1.82) is 0 Å². The Balaban J connectivity index is 1.31. The first-order valence-electron chi connectivity index (χ1n) is 11.5. The molecule has 0 fully saturated rings. The molecule has 1 aliphatic heterocycles. The molecule has 0 saturated carbocycles. The quantitative estimate of drug-likeness (QED) is 0.314. The topological polar surface area (TPSA) is 86.3 Å². The molecule has 1 aromatic heterocycles. The molecular formula is C27H27N5O2S. The first-order chi connectivity index (χ1) is 17.0. The summed E-state index contributed by atoms with van der Waals surface area (Å²) in [5.41, 5.74) is 6.44. The third kappa shape index (κ3) is 4.88. The van der Waals surface area contributed by atoms with E-state index in [4.69, 9.17) is 10.6 Å². The molecule has 2 N–H and O–H groups in total. The Hall–Kier alpha value is -3.78. The number of nitrogen functional groups attached to an aromatic ring is 1.